The predicted octanol–water partition coefficient (Wildman–Crippen LogP) is 3.15. The Bertz CT molecular complexity index is 585. The van der Waals surface area contributed by atoms with Crippen LogP contribution < -0.4 is 16.0 Å². The van der Waals surface area contributed by atoms with Gasteiger partial charge in [-0.15, -0.1) is 0 Å². The molecule has 0 fully saturated rings. The maximum atomic E-state index is 11.8. The molecule has 0 aliphatic rings. The van der Waals surface area contributed by atoms with E-state index < -0.39 is 0 Å². The fourth-order valence-electron chi connectivity index (χ4n) is 2.25. The number of rotatable bonds is 7. The Morgan fingerprint density at radius 3 is 2.44 bits per heavy atom. The molecule has 1 aromatic carbocycles. The molecule has 1 aromatic heterocycles. The van der Waals surface area contributed by atoms with Gasteiger partial charge in [-0.25, -0.2) is 4.79 Å². The monoisotopic (exact) mass is 363 g/mol. The van der Waals surface area contributed by atoms with Crippen molar-refractivity contribution in [1.82, 2.24) is 16.0 Å². The third-order valence-corrected chi connectivity index (χ3v) is 4.10. The summed E-state index contributed by atoms with van der Waals surface area (Å²) in [6.45, 7) is 2.64. The lowest BCUT2D eigenvalue weighted by Crippen LogP contribution is -2.42. The molecule has 0 spiro atoms. The zero-order valence-electron chi connectivity index (χ0n) is 15.2. The van der Waals surface area contributed by atoms with Crippen LogP contribution in [-0.4, -0.2) is 37.8 Å². The summed E-state index contributed by atoms with van der Waals surface area (Å²) < 4.78 is 0. The molecular weight excluding hydrogens is 334 g/mol. The van der Waals surface area contributed by atoms with E-state index in [1.165, 1.54) is 5.56 Å². The minimum atomic E-state index is -0.117. The van der Waals surface area contributed by atoms with E-state index in [1.807, 2.05) is 38.5 Å². The van der Waals surface area contributed by atoms with Gasteiger partial charge in [0.1, 0.15) is 5.75 Å². The molecule has 1 heterocycles. The molecule has 5 nitrogen and oxygen atoms in total. The molecule has 4 N–H and O–H groups in total. The van der Waals surface area contributed by atoms with Crippen molar-refractivity contribution in [3.05, 3.63) is 52.2 Å². The van der Waals surface area contributed by atoms with Gasteiger partial charge in [0.2, 0.25) is 0 Å². The number of amides is 2. The van der Waals surface area contributed by atoms with Crippen LogP contribution in [0, 0.1) is 0 Å². The van der Waals surface area contributed by atoms with E-state index in [2.05, 4.69) is 27.4 Å². The number of urea groups is 1. The number of hydrogen-bond donors (Lipinski definition) is 4. The van der Waals surface area contributed by atoms with Gasteiger partial charge in [0.25, 0.3) is 0 Å². The molecule has 0 saturated heterocycles. The van der Waals surface area contributed by atoms with Gasteiger partial charge in [-0.05, 0) is 80.4 Å². The molecule has 2 amide bonds. The Balaban J connectivity index is 0.000000970. The molecule has 25 heavy (non-hydrogen) atoms. The summed E-state index contributed by atoms with van der Waals surface area (Å²) in [5, 5.41) is 21.9. The standard InChI is InChI=1S/C17H22N2O2S.C2H7N/c1-13(11-15-8-10-22-12-15)19-17(21)18-9-2-3-14-4-6-16(20)7-5-14;1-3-2/h4-8,10,12-13,20H,2-3,9,11H2,1H3,(H2,18,19,21);3H,1-2H3. The number of nitrogens with one attached hydrogen (secondary N) is 3. The van der Waals surface area contributed by atoms with Crippen LogP contribution in [0.4, 0.5) is 4.79 Å². The Labute approximate surface area is 154 Å². The van der Waals surface area contributed by atoms with Crippen molar-refractivity contribution < 1.29 is 9.90 Å². The lowest BCUT2D eigenvalue weighted by molar-refractivity contribution is 0.237. The smallest absolute Gasteiger partial charge is 0.315 e. The van der Waals surface area contributed by atoms with E-state index in [0.29, 0.717) is 6.54 Å². The minimum Gasteiger partial charge on any atom is -0.508 e. The number of phenolic OH excluding ortho intramolecular Hbond substituents is 1. The molecule has 0 aliphatic heterocycles. The predicted molar refractivity (Wildman–Crippen MR) is 105 cm³/mol. The number of aromatic hydroxyl groups is 1. The fourth-order valence-corrected chi connectivity index (χ4v) is 2.93. The van der Waals surface area contributed by atoms with Crippen LogP contribution in [0.5, 0.6) is 5.75 Å². The summed E-state index contributed by atoms with van der Waals surface area (Å²) in [6, 6.07) is 9.25. The summed E-state index contributed by atoms with van der Waals surface area (Å²) in [4.78, 5) is 11.8. The largest absolute Gasteiger partial charge is 0.508 e. The SMILES string of the molecule is CC(Cc1ccsc1)NC(=O)NCCCc1ccc(O)cc1.CNC. The van der Waals surface area contributed by atoms with Gasteiger partial charge in [0, 0.05) is 12.6 Å². The number of aryl methyl sites for hydroxylation is 1. The first-order chi connectivity index (χ1) is 12.0. The van der Waals surface area contributed by atoms with E-state index in [0.717, 1.165) is 24.8 Å². The van der Waals surface area contributed by atoms with Crippen LogP contribution in [0.1, 0.15) is 24.5 Å². The zero-order chi connectivity index (χ0) is 18.5. The van der Waals surface area contributed by atoms with Crippen LogP contribution >= 0.6 is 11.3 Å². The highest BCUT2D eigenvalue weighted by Gasteiger charge is 2.07. The van der Waals surface area contributed by atoms with Gasteiger partial charge in [-0.3, -0.25) is 0 Å². The molecule has 0 aliphatic carbocycles. The second-order valence-electron chi connectivity index (χ2n) is 5.91. The van der Waals surface area contributed by atoms with E-state index in [9.17, 15) is 9.90 Å². The lowest BCUT2D eigenvalue weighted by atomic mass is 10.1. The Hall–Kier alpha value is -2.05. The second kappa shape index (κ2) is 12.3. The number of benzene rings is 1. The molecule has 0 radical (unpaired) electrons. The molecule has 2 aromatic rings. The molecule has 2 rings (SSSR count). The van der Waals surface area contributed by atoms with E-state index in [1.54, 1.807) is 23.5 Å². The van der Waals surface area contributed by atoms with Crippen LogP contribution in [-0.2, 0) is 12.8 Å². The molecule has 0 bridgehead atoms. The number of carbonyl (C=O) groups excluding carboxylic acids is 1. The summed E-state index contributed by atoms with van der Waals surface area (Å²) in [6.07, 6.45) is 2.60. The van der Waals surface area contributed by atoms with Crippen molar-refractivity contribution in [1.29, 1.82) is 0 Å². The fraction of sp³-hybridized carbons (Fsp3) is 0.421. The van der Waals surface area contributed by atoms with Gasteiger partial charge in [-0.1, -0.05) is 12.1 Å². The maximum absolute atomic E-state index is 11.8. The van der Waals surface area contributed by atoms with Crippen molar-refractivity contribution in [2.24, 2.45) is 0 Å². The molecule has 1 unspecified atom stereocenters. The normalized spacial score (nSPS) is 11.2. The topological polar surface area (TPSA) is 73.4 Å². The Morgan fingerprint density at radius 1 is 1.16 bits per heavy atom. The summed E-state index contributed by atoms with van der Waals surface area (Å²) in [5.41, 5.74) is 2.41. The van der Waals surface area contributed by atoms with Crippen LogP contribution in [0.3, 0.4) is 0 Å². The molecular formula is C19H29N3O2S. The van der Waals surface area contributed by atoms with E-state index >= 15 is 0 Å². The van der Waals surface area contributed by atoms with Gasteiger partial charge < -0.3 is 21.1 Å². The summed E-state index contributed by atoms with van der Waals surface area (Å²) >= 11 is 1.67. The minimum absolute atomic E-state index is 0.117. The van der Waals surface area contributed by atoms with Crippen molar-refractivity contribution in [3.63, 3.8) is 0 Å². The molecule has 0 saturated carbocycles. The number of phenols is 1. The molecule has 6 heteroatoms. The van der Waals surface area contributed by atoms with E-state index in [-0.39, 0.29) is 17.8 Å². The first-order valence-corrected chi connectivity index (χ1v) is 9.41. The molecule has 138 valence electrons. The average molecular weight is 364 g/mol. The first kappa shape index (κ1) is 21.0. The van der Waals surface area contributed by atoms with Gasteiger partial charge in [-0.2, -0.15) is 11.3 Å². The van der Waals surface area contributed by atoms with Crippen LogP contribution in [0.25, 0.3) is 0 Å². The second-order valence-corrected chi connectivity index (χ2v) is 6.69. The summed E-state index contributed by atoms with van der Waals surface area (Å²) in [7, 11) is 3.75. The number of hydrogen-bond acceptors (Lipinski definition) is 4. The number of carbonyl (C=O) groups is 1. The van der Waals surface area contributed by atoms with Crippen molar-refractivity contribution in [2.45, 2.75) is 32.2 Å². The third-order valence-electron chi connectivity index (χ3n) is 3.36. The quantitative estimate of drug-likeness (QED) is 0.571. The third kappa shape index (κ3) is 9.74. The lowest BCUT2D eigenvalue weighted by Gasteiger charge is -2.14. The summed E-state index contributed by atoms with van der Waals surface area (Å²) in [5.74, 6) is 0.279. The Morgan fingerprint density at radius 2 is 1.84 bits per heavy atom. The van der Waals surface area contributed by atoms with Gasteiger partial charge in [0.05, 0.1) is 0 Å². The highest BCUT2D eigenvalue weighted by Crippen LogP contribution is 2.11. The van der Waals surface area contributed by atoms with Crippen molar-refractivity contribution in [2.75, 3.05) is 20.6 Å². The Kier molecular flexibility index (Phi) is 10.4. The van der Waals surface area contributed by atoms with Crippen molar-refractivity contribution in [3.8, 4) is 5.75 Å². The average Bonchev–Trinajstić information content (AvgIpc) is 3.06. The molecule has 1 atom stereocenters. The first-order valence-electron chi connectivity index (χ1n) is 8.47. The number of thiophene rings is 1. The van der Waals surface area contributed by atoms with Crippen molar-refractivity contribution >= 4 is 17.4 Å². The zero-order valence-corrected chi connectivity index (χ0v) is 16.0. The highest BCUT2D eigenvalue weighted by molar-refractivity contribution is 7.07. The van der Waals surface area contributed by atoms with Gasteiger partial charge in [0.15, 0.2) is 0 Å². The maximum Gasteiger partial charge on any atom is 0.315 e. The van der Waals surface area contributed by atoms with E-state index in [4.69, 9.17) is 0 Å². The van der Waals surface area contributed by atoms with Gasteiger partial charge >= 0.3 is 6.03 Å². The van der Waals surface area contributed by atoms with Crippen LogP contribution in [0.2, 0.25) is 0 Å². The highest BCUT2D eigenvalue weighted by atomic mass is 32.1. The van der Waals surface area contributed by atoms with Crippen LogP contribution in [0.15, 0.2) is 41.1 Å².